The van der Waals surface area contributed by atoms with Crippen LogP contribution in [0.15, 0.2) is 21.9 Å². The van der Waals surface area contributed by atoms with Crippen molar-refractivity contribution in [3.8, 4) is 10.8 Å². The van der Waals surface area contributed by atoms with Gasteiger partial charge in [0.25, 0.3) is 0 Å². The van der Waals surface area contributed by atoms with E-state index in [1.165, 1.54) is 19.3 Å². The number of hydrogen-bond donors (Lipinski definition) is 1. The minimum absolute atomic E-state index is 0.0519. The van der Waals surface area contributed by atoms with Crippen LogP contribution in [-0.2, 0) is 11.2 Å². The fourth-order valence-corrected chi connectivity index (χ4v) is 3.42. The number of hydrogen-bond acceptors (Lipinski definition) is 4. The topological polar surface area (TPSA) is 55.1 Å². The van der Waals surface area contributed by atoms with E-state index in [1.807, 2.05) is 24.4 Å². The predicted octanol–water partition coefficient (Wildman–Crippen LogP) is 3.70. The number of aryl methyl sites for hydroxylation is 1. The lowest BCUT2D eigenvalue weighted by Crippen LogP contribution is -2.37. The number of rotatable bonds is 4. The van der Waals surface area contributed by atoms with Gasteiger partial charge in [-0.1, -0.05) is 25.3 Å². The highest BCUT2D eigenvalue weighted by molar-refractivity contribution is 7.13. The smallest absolute Gasteiger partial charge is 0.236 e. The van der Waals surface area contributed by atoms with Crippen molar-refractivity contribution in [2.45, 2.75) is 51.5 Å². The molecule has 3 rings (SSSR count). The molecule has 0 atom stereocenters. The number of thiophene rings is 1. The molecule has 5 heteroatoms. The molecule has 21 heavy (non-hydrogen) atoms. The molecule has 0 aliphatic heterocycles. The van der Waals surface area contributed by atoms with Crippen LogP contribution in [0.1, 0.15) is 43.6 Å². The molecule has 112 valence electrons. The van der Waals surface area contributed by atoms with Gasteiger partial charge in [-0.25, -0.2) is 4.98 Å². The summed E-state index contributed by atoms with van der Waals surface area (Å²) in [6.07, 6.45) is 6.23. The molecule has 1 aliphatic rings. The Morgan fingerprint density at radius 2 is 2.24 bits per heavy atom. The van der Waals surface area contributed by atoms with Crippen molar-refractivity contribution in [2.24, 2.45) is 0 Å². The fraction of sp³-hybridized carbons (Fsp3) is 0.500. The maximum Gasteiger partial charge on any atom is 0.236 e. The van der Waals surface area contributed by atoms with Crippen molar-refractivity contribution in [3.05, 3.63) is 29.0 Å². The average molecular weight is 304 g/mol. The Labute approximate surface area is 128 Å². The van der Waals surface area contributed by atoms with Crippen molar-refractivity contribution in [1.82, 2.24) is 10.3 Å². The normalized spacial score (nSPS) is 16.0. The Hall–Kier alpha value is -1.62. The third-order valence-corrected chi connectivity index (χ3v) is 4.78. The molecule has 1 amide bonds. The summed E-state index contributed by atoms with van der Waals surface area (Å²) < 4.78 is 5.67. The molecule has 1 saturated carbocycles. The standard InChI is InChI=1S/C16H20N2O2S/c1-11-13(18-16(20-11)14-8-5-9-21-14)10-15(19)17-12-6-3-2-4-7-12/h5,8-9,12H,2-4,6-7,10H2,1H3,(H,17,19). The summed E-state index contributed by atoms with van der Waals surface area (Å²) in [6, 6.07) is 4.28. The van der Waals surface area contributed by atoms with Crippen molar-refractivity contribution >= 4 is 17.2 Å². The quantitative estimate of drug-likeness (QED) is 0.937. The second-order valence-corrected chi connectivity index (χ2v) is 6.53. The first-order valence-corrected chi connectivity index (χ1v) is 8.40. The summed E-state index contributed by atoms with van der Waals surface area (Å²) in [6.45, 7) is 1.87. The van der Waals surface area contributed by atoms with E-state index < -0.39 is 0 Å². The van der Waals surface area contributed by atoms with Gasteiger partial charge in [0.15, 0.2) is 0 Å². The summed E-state index contributed by atoms with van der Waals surface area (Å²) in [7, 11) is 0. The molecule has 1 N–H and O–H groups in total. The molecular formula is C16H20N2O2S. The number of aromatic nitrogens is 1. The lowest BCUT2D eigenvalue weighted by molar-refractivity contribution is -0.121. The van der Waals surface area contributed by atoms with Gasteiger partial charge >= 0.3 is 0 Å². The first-order chi connectivity index (χ1) is 10.2. The molecule has 1 aliphatic carbocycles. The van der Waals surface area contributed by atoms with Crippen molar-refractivity contribution in [1.29, 1.82) is 0 Å². The molecule has 0 unspecified atom stereocenters. The van der Waals surface area contributed by atoms with Crippen LogP contribution < -0.4 is 5.32 Å². The van der Waals surface area contributed by atoms with Crippen LogP contribution in [0.3, 0.4) is 0 Å². The van der Waals surface area contributed by atoms with E-state index in [0.29, 0.717) is 18.4 Å². The van der Waals surface area contributed by atoms with Gasteiger partial charge in [0, 0.05) is 6.04 Å². The third kappa shape index (κ3) is 3.53. The van der Waals surface area contributed by atoms with Crippen LogP contribution in [0.2, 0.25) is 0 Å². The molecule has 2 heterocycles. The van der Waals surface area contributed by atoms with Gasteiger partial charge in [0.2, 0.25) is 11.8 Å². The average Bonchev–Trinajstić information content (AvgIpc) is 3.10. The Morgan fingerprint density at radius 3 is 2.95 bits per heavy atom. The monoisotopic (exact) mass is 304 g/mol. The number of nitrogens with zero attached hydrogens (tertiary/aromatic N) is 1. The highest BCUT2D eigenvalue weighted by Gasteiger charge is 2.19. The van der Waals surface area contributed by atoms with E-state index in [0.717, 1.165) is 29.2 Å². The summed E-state index contributed by atoms with van der Waals surface area (Å²) in [5, 5.41) is 5.11. The first-order valence-electron chi connectivity index (χ1n) is 7.52. The van der Waals surface area contributed by atoms with Crippen LogP contribution in [0.25, 0.3) is 10.8 Å². The summed E-state index contributed by atoms with van der Waals surface area (Å²) in [5.74, 6) is 1.40. The molecular weight excluding hydrogens is 284 g/mol. The molecule has 0 aromatic carbocycles. The number of nitrogens with one attached hydrogen (secondary N) is 1. The van der Waals surface area contributed by atoms with Crippen LogP contribution in [0.5, 0.6) is 0 Å². The zero-order chi connectivity index (χ0) is 14.7. The Morgan fingerprint density at radius 1 is 1.43 bits per heavy atom. The second-order valence-electron chi connectivity index (χ2n) is 5.58. The van der Waals surface area contributed by atoms with Crippen LogP contribution >= 0.6 is 11.3 Å². The third-order valence-electron chi connectivity index (χ3n) is 3.92. The highest BCUT2D eigenvalue weighted by atomic mass is 32.1. The molecule has 0 bridgehead atoms. The summed E-state index contributed by atoms with van der Waals surface area (Å²) in [5.41, 5.74) is 0.742. The summed E-state index contributed by atoms with van der Waals surface area (Å²) in [4.78, 5) is 17.6. The molecule has 0 radical (unpaired) electrons. The van der Waals surface area contributed by atoms with Gasteiger partial charge in [-0.05, 0) is 31.2 Å². The summed E-state index contributed by atoms with van der Waals surface area (Å²) >= 11 is 1.59. The van der Waals surface area contributed by atoms with Gasteiger partial charge in [0.1, 0.15) is 5.76 Å². The number of oxazole rings is 1. The van der Waals surface area contributed by atoms with Crippen LogP contribution in [0.4, 0.5) is 0 Å². The van der Waals surface area contributed by atoms with Crippen molar-refractivity contribution < 1.29 is 9.21 Å². The fourth-order valence-electron chi connectivity index (χ4n) is 2.78. The van der Waals surface area contributed by atoms with Gasteiger partial charge < -0.3 is 9.73 Å². The molecule has 0 spiro atoms. The van der Waals surface area contributed by atoms with Gasteiger partial charge in [0.05, 0.1) is 17.0 Å². The van der Waals surface area contributed by atoms with E-state index in [1.54, 1.807) is 11.3 Å². The maximum atomic E-state index is 12.1. The zero-order valence-electron chi connectivity index (χ0n) is 12.2. The SMILES string of the molecule is Cc1oc(-c2cccs2)nc1CC(=O)NC1CCCCC1. The van der Waals surface area contributed by atoms with Crippen LogP contribution in [-0.4, -0.2) is 16.9 Å². The highest BCUT2D eigenvalue weighted by Crippen LogP contribution is 2.26. The first kappa shape index (κ1) is 14.3. The number of carbonyl (C=O) groups is 1. The van der Waals surface area contributed by atoms with Crippen LogP contribution in [0, 0.1) is 6.92 Å². The molecule has 2 aromatic heterocycles. The molecule has 2 aromatic rings. The minimum atomic E-state index is 0.0519. The lowest BCUT2D eigenvalue weighted by Gasteiger charge is -2.22. The van der Waals surface area contributed by atoms with E-state index in [-0.39, 0.29) is 5.91 Å². The van der Waals surface area contributed by atoms with Crippen molar-refractivity contribution in [3.63, 3.8) is 0 Å². The van der Waals surface area contributed by atoms with Gasteiger partial charge in [-0.2, -0.15) is 0 Å². The molecule has 4 nitrogen and oxygen atoms in total. The Bertz CT molecular complexity index is 598. The van der Waals surface area contributed by atoms with Gasteiger partial charge in [-0.3, -0.25) is 4.79 Å². The van der Waals surface area contributed by atoms with E-state index in [4.69, 9.17) is 4.42 Å². The maximum absolute atomic E-state index is 12.1. The Balaban J connectivity index is 1.63. The zero-order valence-corrected chi connectivity index (χ0v) is 13.0. The molecule has 1 fully saturated rings. The van der Waals surface area contributed by atoms with E-state index >= 15 is 0 Å². The van der Waals surface area contributed by atoms with Gasteiger partial charge in [-0.15, -0.1) is 11.3 Å². The number of carbonyl (C=O) groups excluding carboxylic acids is 1. The van der Waals surface area contributed by atoms with E-state index in [9.17, 15) is 4.79 Å². The predicted molar refractivity (Wildman–Crippen MR) is 83.3 cm³/mol. The Kier molecular flexibility index (Phi) is 4.39. The molecule has 0 saturated heterocycles. The van der Waals surface area contributed by atoms with E-state index in [2.05, 4.69) is 10.3 Å². The van der Waals surface area contributed by atoms with Crippen molar-refractivity contribution in [2.75, 3.05) is 0 Å². The lowest BCUT2D eigenvalue weighted by atomic mass is 9.95. The largest absolute Gasteiger partial charge is 0.440 e. The second kappa shape index (κ2) is 6.43. The number of amides is 1. The minimum Gasteiger partial charge on any atom is -0.440 e.